The first-order valence-corrected chi connectivity index (χ1v) is 8.80. The van der Waals surface area contributed by atoms with Gasteiger partial charge in [0.1, 0.15) is 16.6 Å². The molecule has 0 fully saturated rings. The van der Waals surface area contributed by atoms with Crippen LogP contribution in [0.4, 0.5) is 5.00 Å². The third-order valence-corrected chi connectivity index (χ3v) is 5.14. The number of aryl methyl sites for hydroxylation is 1. The molecule has 0 spiro atoms. The van der Waals surface area contributed by atoms with E-state index in [-0.39, 0.29) is 11.5 Å². The molecule has 128 valence electrons. The van der Waals surface area contributed by atoms with Crippen LogP contribution >= 0.6 is 11.3 Å². The number of nitriles is 1. The van der Waals surface area contributed by atoms with E-state index in [2.05, 4.69) is 5.32 Å². The summed E-state index contributed by atoms with van der Waals surface area (Å²) >= 11 is 1.49. The largest absolute Gasteiger partial charge is 0.462 e. The smallest absolute Gasteiger partial charge is 0.341 e. The lowest BCUT2D eigenvalue weighted by atomic mass is 10.1. The first-order chi connectivity index (χ1) is 11.5. The number of carbonyl (C=O) groups is 2. The molecule has 0 unspecified atom stereocenters. The first kappa shape index (κ1) is 18.0. The zero-order valence-corrected chi connectivity index (χ0v) is 14.7. The van der Waals surface area contributed by atoms with Crippen molar-refractivity contribution in [3.8, 4) is 6.07 Å². The molecule has 1 amide bonds. The maximum absolute atomic E-state index is 12.4. The highest BCUT2D eigenvalue weighted by Gasteiger charge is 2.26. The van der Waals surface area contributed by atoms with E-state index in [0.29, 0.717) is 22.9 Å². The lowest BCUT2D eigenvalue weighted by Crippen LogP contribution is -2.17. The molecule has 0 aromatic carbocycles. The summed E-state index contributed by atoms with van der Waals surface area (Å²) in [5, 5.41) is 12.7. The predicted octanol–water partition coefficient (Wildman–Crippen LogP) is 2.89. The summed E-state index contributed by atoms with van der Waals surface area (Å²) in [7, 11) is 0. The van der Waals surface area contributed by atoms with Crippen LogP contribution in [0, 0.1) is 11.3 Å². The SMILES string of the molecule is CCOC(=O)c1c(NC(C)=C(C#N)C(N)=O)sc2c1CCCCC2. The second kappa shape index (κ2) is 7.97. The van der Waals surface area contributed by atoms with Crippen LogP contribution in [0.1, 0.15) is 53.9 Å². The first-order valence-electron chi connectivity index (χ1n) is 7.99. The van der Waals surface area contributed by atoms with E-state index < -0.39 is 5.91 Å². The number of anilines is 1. The number of carbonyl (C=O) groups excluding carboxylic acids is 2. The van der Waals surface area contributed by atoms with Gasteiger partial charge in [0.25, 0.3) is 5.91 Å². The molecule has 6 nitrogen and oxygen atoms in total. The van der Waals surface area contributed by atoms with Gasteiger partial charge in [-0.3, -0.25) is 4.79 Å². The number of fused-ring (bicyclic) bond motifs is 1. The Labute approximate surface area is 145 Å². The molecule has 1 aromatic heterocycles. The van der Waals surface area contributed by atoms with Crippen molar-refractivity contribution in [3.05, 3.63) is 27.3 Å². The van der Waals surface area contributed by atoms with E-state index >= 15 is 0 Å². The molecular formula is C17H21N3O3S. The second-order valence-corrected chi connectivity index (χ2v) is 6.70. The molecule has 3 N–H and O–H groups in total. The van der Waals surface area contributed by atoms with Crippen molar-refractivity contribution >= 4 is 28.2 Å². The van der Waals surface area contributed by atoms with Crippen LogP contribution in [0.15, 0.2) is 11.3 Å². The highest BCUT2D eigenvalue weighted by molar-refractivity contribution is 7.16. The number of hydrogen-bond donors (Lipinski definition) is 2. The Morgan fingerprint density at radius 2 is 2.04 bits per heavy atom. The summed E-state index contributed by atoms with van der Waals surface area (Å²) in [6, 6.07) is 1.80. The number of thiophene rings is 1. The number of nitrogens with one attached hydrogen (secondary N) is 1. The van der Waals surface area contributed by atoms with Crippen LogP contribution < -0.4 is 11.1 Å². The van der Waals surface area contributed by atoms with Gasteiger partial charge in [0.2, 0.25) is 0 Å². The third-order valence-electron chi connectivity index (χ3n) is 3.94. The van der Waals surface area contributed by atoms with Crippen LogP contribution in [0.2, 0.25) is 0 Å². The van der Waals surface area contributed by atoms with Gasteiger partial charge in [-0.05, 0) is 45.1 Å². The summed E-state index contributed by atoms with van der Waals surface area (Å²) in [5.41, 5.74) is 6.97. The molecule has 0 saturated heterocycles. The molecule has 0 bridgehead atoms. The minimum absolute atomic E-state index is 0.145. The van der Waals surface area contributed by atoms with Gasteiger partial charge < -0.3 is 15.8 Å². The van der Waals surface area contributed by atoms with Crippen LogP contribution in [0.25, 0.3) is 0 Å². The Morgan fingerprint density at radius 1 is 1.33 bits per heavy atom. The van der Waals surface area contributed by atoms with E-state index in [9.17, 15) is 9.59 Å². The van der Waals surface area contributed by atoms with Crippen LogP contribution in [-0.4, -0.2) is 18.5 Å². The Balaban J connectivity index is 2.48. The van der Waals surface area contributed by atoms with Crippen molar-refractivity contribution < 1.29 is 14.3 Å². The summed E-state index contributed by atoms with van der Waals surface area (Å²) in [4.78, 5) is 24.9. The fourth-order valence-electron chi connectivity index (χ4n) is 2.81. The highest BCUT2D eigenvalue weighted by Crippen LogP contribution is 2.38. The van der Waals surface area contributed by atoms with Crippen LogP contribution in [0.3, 0.4) is 0 Å². The summed E-state index contributed by atoms with van der Waals surface area (Å²) in [6.07, 6.45) is 5.04. The maximum Gasteiger partial charge on any atom is 0.341 e. The maximum atomic E-state index is 12.4. The topological polar surface area (TPSA) is 105 Å². The van der Waals surface area contributed by atoms with Gasteiger partial charge in [-0.1, -0.05) is 6.42 Å². The van der Waals surface area contributed by atoms with Gasteiger partial charge in [0.15, 0.2) is 0 Å². The lowest BCUT2D eigenvalue weighted by Gasteiger charge is -2.10. The second-order valence-electron chi connectivity index (χ2n) is 5.59. The molecule has 1 aliphatic carbocycles. The number of nitrogens with zero attached hydrogens (tertiary/aromatic N) is 1. The Kier molecular flexibility index (Phi) is 5.99. The van der Waals surface area contributed by atoms with Gasteiger partial charge in [-0.25, -0.2) is 4.79 Å². The van der Waals surface area contributed by atoms with Crippen molar-refractivity contribution in [2.45, 2.75) is 46.0 Å². The quantitative estimate of drug-likeness (QED) is 0.369. The zero-order valence-electron chi connectivity index (χ0n) is 13.9. The van der Waals surface area contributed by atoms with E-state index in [1.165, 1.54) is 16.2 Å². The average molecular weight is 347 g/mol. The van der Waals surface area contributed by atoms with Gasteiger partial charge in [-0.15, -0.1) is 11.3 Å². The highest BCUT2D eigenvalue weighted by atomic mass is 32.1. The van der Waals surface area contributed by atoms with Crippen molar-refractivity contribution in [1.82, 2.24) is 0 Å². The van der Waals surface area contributed by atoms with Gasteiger partial charge in [-0.2, -0.15) is 5.26 Å². The molecule has 1 heterocycles. The standard InChI is InChI=1S/C17H21N3O3S/c1-3-23-17(22)14-11-7-5-4-6-8-13(11)24-16(14)20-10(2)12(9-18)15(19)21/h20H,3-8H2,1-2H3,(H2,19,21). The van der Waals surface area contributed by atoms with Crippen molar-refractivity contribution in [1.29, 1.82) is 5.26 Å². The number of primary amides is 1. The molecule has 1 aromatic rings. The lowest BCUT2D eigenvalue weighted by molar-refractivity contribution is -0.114. The van der Waals surface area contributed by atoms with Crippen LogP contribution in [0.5, 0.6) is 0 Å². The zero-order chi connectivity index (χ0) is 17.7. The van der Waals surface area contributed by atoms with Crippen LogP contribution in [-0.2, 0) is 22.4 Å². The summed E-state index contributed by atoms with van der Waals surface area (Å²) in [5.74, 6) is -1.16. The summed E-state index contributed by atoms with van der Waals surface area (Å²) in [6.45, 7) is 3.66. The number of amides is 1. The Bertz CT molecular complexity index is 728. The van der Waals surface area contributed by atoms with Crippen molar-refractivity contribution in [2.24, 2.45) is 5.73 Å². The number of rotatable bonds is 5. The monoisotopic (exact) mass is 347 g/mol. The molecule has 0 radical (unpaired) electrons. The Hall–Kier alpha value is -2.33. The summed E-state index contributed by atoms with van der Waals surface area (Å²) < 4.78 is 5.20. The molecule has 7 heteroatoms. The van der Waals surface area contributed by atoms with E-state index in [1.54, 1.807) is 19.9 Å². The van der Waals surface area contributed by atoms with E-state index in [1.807, 2.05) is 0 Å². The van der Waals surface area contributed by atoms with Gasteiger partial charge in [0, 0.05) is 10.6 Å². The average Bonchev–Trinajstić information content (AvgIpc) is 2.69. The third kappa shape index (κ3) is 3.77. The normalized spacial score (nSPS) is 14.7. The minimum Gasteiger partial charge on any atom is -0.462 e. The van der Waals surface area contributed by atoms with Crippen molar-refractivity contribution in [2.75, 3.05) is 11.9 Å². The number of esters is 1. The number of allylic oxidation sites excluding steroid dienone is 1. The van der Waals surface area contributed by atoms with E-state index in [4.69, 9.17) is 15.7 Å². The predicted molar refractivity (Wildman–Crippen MR) is 92.7 cm³/mol. The molecular weight excluding hydrogens is 326 g/mol. The molecule has 24 heavy (non-hydrogen) atoms. The molecule has 0 atom stereocenters. The van der Waals surface area contributed by atoms with Gasteiger partial charge >= 0.3 is 5.97 Å². The fraction of sp³-hybridized carbons (Fsp3) is 0.471. The molecule has 1 aliphatic rings. The van der Waals surface area contributed by atoms with Crippen molar-refractivity contribution in [3.63, 3.8) is 0 Å². The molecule has 2 rings (SSSR count). The van der Waals surface area contributed by atoms with Gasteiger partial charge in [0.05, 0.1) is 12.2 Å². The number of ether oxygens (including phenoxy) is 1. The molecule has 0 aliphatic heterocycles. The number of nitrogens with two attached hydrogens (primary N) is 1. The van der Waals surface area contributed by atoms with E-state index in [0.717, 1.165) is 37.7 Å². The molecule has 0 saturated carbocycles. The minimum atomic E-state index is -0.793. The Morgan fingerprint density at radius 3 is 2.67 bits per heavy atom. The number of hydrogen-bond acceptors (Lipinski definition) is 6. The fourth-order valence-corrected chi connectivity index (χ4v) is 4.14.